The highest BCUT2D eigenvalue weighted by Gasteiger charge is 2.43. The lowest BCUT2D eigenvalue weighted by Crippen LogP contribution is -2.49. The molecule has 1 aromatic rings. The first kappa shape index (κ1) is 12.6. The summed E-state index contributed by atoms with van der Waals surface area (Å²) in [5.41, 5.74) is 0.183. The van der Waals surface area contributed by atoms with Gasteiger partial charge in [-0.3, -0.25) is 0 Å². The normalized spacial score (nSPS) is 20.6. The first-order valence-electron chi connectivity index (χ1n) is 5.31. The fraction of sp³-hybridized carbons (Fsp3) is 0.455. The summed E-state index contributed by atoms with van der Waals surface area (Å²) < 4.78 is 42.3. The van der Waals surface area contributed by atoms with E-state index in [4.69, 9.17) is 10.00 Å². The Kier molecular flexibility index (Phi) is 3.39. The van der Waals surface area contributed by atoms with E-state index in [1.807, 2.05) is 6.07 Å². The van der Waals surface area contributed by atoms with Gasteiger partial charge in [-0.15, -0.1) is 0 Å². The van der Waals surface area contributed by atoms with E-state index >= 15 is 0 Å². The number of nitriles is 1. The summed E-state index contributed by atoms with van der Waals surface area (Å²) in [7, 11) is 0. The Labute approximate surface area is 102 Å². The van der Waals surface area contributed by atoms with Crippen LogP contribution in [0.5, 0.6) is 0 Å². The van der Waals surface area contributed by atoms with Gasteiger partial charge in [-0.25, -0.2) is 4.98 Å². The predicted octanol–water partition coefficient (Wildman–Crippen LogP) is 1.72. The van der Waals surface area contributed by atoms with Gasteiger partial charge in [-0.2, -0.15) is 18.4 Å². The van der Waals surface area contributed by atoms with Crippen molar-refractivity contribution in [2.75, 3.05) is 24.6 Å². The molecule has 2 heterocycles. The van der Waals surface area contributed by atoms with Crippen LogP contribution in [0.2, 0.25) is 0 Å². The summed E-state index contributed by atoms with van der Waals surface area (Å²) >= 11 is 0. The maximum atomic E-state index is 12.6. The highest BCUT2D eigenvalue weighted by atomic mass is 19.4. The summed E-state index contributed by atoms with van der Waals surface area (Å²) in [6.07, 6.45) is -6.19. The van der Waals surface area contributed by atoms with Crippen molar-refractivity contribution in [1.82, 2.24) is 4.98 Å². The van der Waals surface area contributed by atoms with E-state index in [1.54, 1.807) is 12.1 Å². The average Bonchev–Trinajstić information content (AvgIpc) is 2.38. The fourth-order valence-corrected chi connectivity index (χ4v) is 1.72. The van der Waals surface area contributed by atoms with E-state index in [9.17, 15) is 13.2 Å². The van der Waals surface area contributed by atoms with Crippen molar-refractivity contribution in [3.8, 4) is 6.07 Å². The molecular weight excluding hydrogens is 247 g/mol. The van der Waals surface area contributed by atoms with E-state index in [2.05, 4.69) is 4.98 Å². The van der Waals surface area contributed by atoms with Crippen LogP contribution < -0.4 is 4.90 Å². The van der Waals surface area contributed by atoms with Crippen LogP contribution in [-0.4, -0.2) is 37.0 Å². The van der Waals surface area contributed by atoms with Crippen molar-refractivity contribution in [2.45, 2.75) is 12.3 Å². The van der Waals surface area contributed by atoms with Gasteiger partial charge in [0.05, 0.1) is 13.2 Å². The number of anilines is 1. The number of alkyl halides is 3. The number of pyridine rings is 1. The Hall–Kier alpha value is -1.81. The number of rotatable bonds is 1. The van der Waals surface area contributed by atoms with E-state index in [1.165, 1.54) is 11.0 Å². The summed E-state index contributed by atoms with van der Waals surface area (Å²) in [4.78, 5) is 5.45. The van der Waals surface area contributed by atoms with Gasteiger partial charge in [0, 0.05) is 6.54 Å². The van der Waals surface area contributed by atoms with Crippen molar-refractivity contribution in [3.05, 3.63) is 23.9 Å². The number of aromatic nitrogens is 1. The van der Waals surface area contributed by atoms with Gasteiger partial charge < -0.3 is 9.64 Å². The lowest BCUT2D eigenvalue weighted by molar-refractivity contribution is -0.221. The highest BCUT2D eigenvalue weighted by Crippen LogP contribution is 2.27. The number of halogens is 3. The van der Waals surface area contributed by atoms with Crippen LogP contribution in [0.3, 0.4) is 0 Å². The Bertz CT molecular complexity index is 469. The van der Waals surface area contributed by atoms with Crippen LogP contribution >= 0.6 is 0 Å². The molecule has 1 fully saturated rings. The van der Waals surface area contributed by atoms with Crippen LogP contribution in [0.4, 0.5) is 19.0 Å². The van der Waals surface area contributed by atoms with E-state index < -0.39 is 12.3 Å². The molecule has 96 valence electrons. The molecule has 0 aromatic carbocycles. The Morgan fingerprint density at radius 1 is 1.44 bits per heavy atom. The topological polar surface area (TPSA) is 49.2 Å². The quantitative estimate of drug-likeness (QED) is 0.768. The Balaban J connectivity index is 2.16. The minimum atomic E-state index is -4.38. The molecule has 0 aliphatic carbocycles. The van der Waals surface area contributed by atoms with Gasteiger partial charge in [0.2, 0.25) is 0 Å². The van der Waals surface area contributed by atoms with E-state index in [0.29, 0.717) is 12.4 Å². The second-order valence-corrected chi connectivity index (χ2v) is 3.84. The van der Waals surface area contributed by atoms with E-state index in [0.717, 1.165) is 0 Å². The molecule has 1 aliphatic heterocycles. The molecule has 0 amide bonds. The Morgan fingerprint density at radius 2 is 2.22 bits per heavy atom. The van der Waals surface area contributed by atoms with Crippen LogP contribution in [0.25, 0.3) is 0 Å². The van der Waals surface area contributed by atoms with Crippen LogP contribution in [0, 0.1) is 11.3 Å². The number of nitrogens with zero attached hydrogens (tertiary/aromatic N) is 3. The highest BCUT2D eigenvalue weighted by molar-refractivity contribution is 5.42. The molecule has 0 N–H and O–H groups in total. The first-order valence-corrected chi connectivity index (χ1v) is 5.31. The van der Waals surface area contributed by atoms with Gasteiger partial charge >= 0.3 is 6.18 Å². The molecule has 1 atom stereocenters. The SMILES string of the molecule is N#Cc1cccc(N2CCOC(C(F)(F)F)C2)n1. The number of ether oxygens (including phenoxy) is 1. The standard InChI is InChI=1S/C11H10F3N3O/c12-11(13,14)9-7-17(4-5-18-9)10-3-1-2-8(6-15)16-10/h1-3,9H,4-5,7H2. The van der Waals surface area contributed by atoms with Crippen LogP contribution in [0.15, 0.2) is 18.2 Å². The maximum absolute atomic E-state index is 12.6. The zero-order valence-corrected chi connectivity index (χ0v) is 9.31. The van der Waals surface area contributed by atoms with Crippen molar-refractivity contribution in [3.63, 3.8) is 0 Å². The van der Waals surface area contributed by atoms with Gasteiger partial charge in [-0.1, -0.05) is 6.07 Å². The van der Waals surface area contributed by atoms with Gasteiger partial charge in [0.15, 0.2) is 6.10 Å². The minimum Gasteiger partial charge on any atom is -0.365 e. The van der Waals surface area contributed by atoms with E-state index in [-0.39, 0.29) is 18.8 Å². The zero-order chi connectivity index (χ0) is 13.2. The first-order chi connectivity index (χ1) is 8.50. The van der Waals surface area contributed by atoms with Gasteiger partial charge in [-0.05, 0) is 12.1 Å². The molecule has 7 heteroatoms. The molecule has 18 heavy (non-hydrogen) atoms. The molecule has 0 spiro atoms. The molecular formula is C11H10F3N3O. The average molecular weight is 257 g/mol. The summed E-state index contributed by atoms with van der Waals surface area (Å²) in [5.74, 6) is 0.367. The lowest BCUT2D eigenvalue weighted by Gasteiger charge is -2.34. The molecule has 1 aromatic heterocycles. The summed E-state index contributed by atoms with van der Waals surface area (Å²) in [5, 5.41) is 8.71. The van der Waals surface area contributed by atoms with Gasteiger partial charge in [0.25, 0.3) is 0 Å². The number of morpholine rings is 1. The monoisotopic (exact) mass is 257 g/mol. The lowest BCUT2D eigenvalue weighted by atomic mass is 10.2. The largest absolute Gasteiger partial charge is 0.416 e. The van der Waals surface area contributed by atoms with Crippen molar-refractivity contribution in [2.24, 2.45) is 0 Å². The molecule has 4 nitrogen and oxygen atoms in total. The summed E-state index contributed by atoms with van der Waals surface area (Å²) in [6, 6.07) is 6.54. The third-order valence-electron chi connectivity index (χ3n) is 2.60. The van der Waals surface area contributed by atoms with Crippen molar-refractivity contribution < 1.29 is 17.9 Å². The molecule has 0 bridgehead atoms. The second kappa shape index (κ2) is 4.82. The third-order valence-corrected chi connectivity index (χ3v) is 2.60. The smallest absolute Gasteiger partial charge is 0.365 e. The van der Waals surface area contributed by atoms with Crippen molar-refractivity contribution >= 4 is 5.82 Å². The molecule has 1 unspecified atom stereocenters. The number of hydrogen-bond acceptors (Lipinski definition) is 4. The zero-order valence-electron chi connectivity index (χ0n) is 9.31. The molecule has 1 aliphatic rings. The maximum Gasteiger partial charge on any atom is 0.416 e. The third kappa shape index (κ3) is 2.71. The molecule has 1 saturated heterocycles. The minimum absolute atomic E-state index is 0.0113. The molecule has 0 radical (unpaired) electrons. The number of hydrogen-bond donors (Lipinski definition) is 0. The molecule has 2 rings (SSSR count). The predicted molar refractivity (Wildman–Crippen MR) is 57.0 cm³/mol. The second-order valence-electron chi connectivity index (χ2n) is 3.84. The van der Waals surface area contributed by atoms with Gasteiger partial charge in [0.1, 0.15) is 17.6 Å². The molecule has 0 saturated carbocycles. The van der Waals surface area contributed by atoms with Crippen LogP contribution in [0.1, 0.15) is 5.69 Å². The van der Waals surface area contributed by atoms with Crippen molar-refractivity contribution in [1.29, 1.82) is 5.26 Å². The van der Waals surface area contributed by atoms with Crippen LogP contribution in [-0.2, 0) is 4.74 Å². The Morgan fingerprint density at radius 3 is 2.89 bits per heavy atom. The summed E-state index contributed by atoms with van der Waals surface area (Å²) in [6.45, 7) is 0.0164. The fourth-order valence-electron chi connectivity index (χ4n) is 1.72.